The Kier molecular flexibility index (Phi) is 4.47. The fourth-order valence-corrected chi connectivity index (χ4v) is 4.22. The van der Waals surface area contributed by atoms with E-state index >= 15 is 0 Å². The second-order valence-electron chi connectivity index (χ2n) is 7.20. The second-order valence-corrected chi connectivity index (χ2v) is 7.20. The minimum atomic E-state index is 0.0135. The topological polar surface area (TPSA) is 58.4 Å². The SMILES string of the molecule is Cc1cc([C@@H]2CCCN2C(=O)NC[C@@H]2CCCc3ccccc32)on1. The van der Waals surface area contributed by atoms with E-state index in [1.165, 1.54) is 17.5 Å². The third-order valence-electron chi connectivity index (χ3n) is 5.48. The maximum atomic E-state index is 12.7. The molecule has 1 aliphatic carbocycles. The molecule has 2 amide bonds. The minimum absolute atomic E-state index is 0.0135. The van der Waals surface area contributed by atoms with E-state index in [-0.39, 0.29) is 12.1 Å². The van der Waals surface area contributed by atoms with Crippen molar-refractivity contribution in [3.8, 4) is 0 Å². The summed E-state index contributed by atoms with van der Waals surface area (Å²) in [7, 11) is 0. The van der Waals surface area contributed by atoms with Crippen LogP contribution in [-0.2, 0) is 6.42 Å². The summed E-state index contributed by atoms with van der Waals surface area (Å²) in [6, 6.07) is 10.6. The van der Waals surface area contributed by atoms with Crippen molar-refractivity contribution in [1.29, 1.82) is 0 Å². The number of carbonyl (C=O) groups is 1. The number of hydrogen-bond acceptors (Lipinski definition) is 3. The van der Waals surface area contributed by atoms with Crippen LogP contribution in [0.2, 0.25) is 0 Å². The minimum Gasteiger partial charge on any atom is -0.359 e. The van der Waals surface area contributed by atoms with E-state index in [1.807, 2.05) is 17.9 Å². The zero-order chi connectivity index (χ0) is 17.2. The number of nitrogens with one attached hydrogen (secondary N) is 1. The summed E-state index contributed by atoms with van der Waals surface area (Å²) in [4.78, 5) is 14.6. The number of rotatable bonds is 3. The molecule has 0 saturated carbocycles. The van der Waals surface area contributed by atoms with E-state index < -0.39 is 0 Å². The van der Waals surface area contributed by atoms with Gasteiger partial charge < -0.3 is 14.7 Å². The average Bonchev–Trinajstić information content (AvgIpc) is 3.28. The fourth-order valence-electron chi connectivity index (χ4n) is 4.22. The Bertz CT molecular complexity index is 755. The van der Waals surface area contributed by atoms with Gasteiger partial charge in [0.15, 0.2) is 5.76 Å². The van der Waals surface area contributed by atoms with E-state index in [2.05, 4.69) is 34.7 Å². The number of carbonyl (C=O) groups excluding carboxylic acids is 1. The Hall–Kier alpha value is -2.30. The van der Waals surface area contributed by atoms with Crippen LogP contribution in [0.15, 0.2) is 34.9 Å². The third-order valence-corrected chi connectivity index (χ3v) is 5.48. The molecule has 5 heteroatoms. The molecule has 2 aromatic rings. The third kappa shape index (κ3) is 3.28. The Balaban J connectivity index is 1.41. The van der Waals surface area contributed by atoms with E-state index in [1.54, 1.807) is 0 Å². The van der Waals surface area contributed by atoms with Gasteiger partial charge in [-0.15, -0.1) is 0 Å². The average molecular weight is 339 g/mol. The van der Waals surface area contributed by atoms with Crippen molar-refractivity contribution in [2.24, 2.45) is 0 Å². The highest BCUT2D eigenvalue weighted by Crippen LogP contribution is 2.33. The van der Waals surface area contributed by atoms with Gasteiger partial charge in [0.1, 0.15) is 0 Å². The first-order valence-electron chi connectivity index (χ1n) is 9.28. The molecule has 2 heterocycles. The quantitative estimate of drug-likeness (QED) is 0.921. The molecule has 0 radical (unpaired) electrons. The molecule has 2 aliphatic rings. The zero-order valence-electron chi connectivity index (χ0n) is 14.7. The van der Waals surface area contributed by atoms with Crippen LogP contribution in [0.4, 0.5) is 4.79 Å². The number of urea groups is 1. The molecule has 4 rings (SSSR count). The van der Waals surface area contributed by atoms with Crippen LogP contribution in [0, 0.1) is 6.92 Å². The van der Waals surface area contributed by atoms with Crippen molar-refractivity contribution in [1.82, 2.24) is 15.4 Å². The molecule has 0 unspecified atom stereocenters. The van der Waals surface area contributed by atoms with Gasteiger partial charge in [0.05, 0.1) is 11.7 Å². The van der Waals surface area contributed by atoms with Gasteiger partial charge in [-0.05, 0) is 50.2 Å². The number of hydrogen-bond donors (Lipinski definition) is 1. The lowest BCUT2D eigenvalue weighted by Crippen LogP contribution is -2.41. The van der Waals surface area contributed by atoms with Gasteiger partial charge in [-0.1, -0.05) is 29.4 Å². The van der Waals surface area contributed by atoms with Crippen molar-refractivity contribution < 1.29 is 9.32 Å². The predicted molar refractivity (Wildman–Crippen MR) is 95.4 cm³/mol. The summed E-state index contributed by atoms with van der Waals surface area (Å²) in [6.07, 6.45) is 5.43. The Morgan fingerprint density at radius 2 is 2.20 bits per heavy atom. The van der Waals surface area contributed by atoms with Crippen LogP contribution in [0.1, 0.15) is 60.2 Å². The van der Waals surface area contributed by atoms with Crippen molar-refractivity contribution in [2.75, 3.05) is 13.1 Å². The molecule has 0 bridgehead atoms. The molecule has 2 atom stereocenters. The summed E-state index contributed by atoms with van der Waals surface area (Å²) < 4.78 is 5.40. The first-order chi connectivity index (χ1) is 12.2. The molecule has 1 saturated heterocycles. The zero-order valence-corrected chi connectivity index (χ0v) is 14.7. The molecular formula is C20H25N3O2. The molecule has 1 fully saturated rings. The molecule has 5 nitrogen and oxygen atoms in total. The van der Waals surface area contributed by atoms with E-state index in [4.69, 9.17) is 4.52 Å². The fraction of sp³-hybridized carbons (Fsp3) is 0.500. The molecule has 1 aliphatic heterocycles. The molecule has 1 N–H and O–H groups in total. The monoisotopic (exact) mass is 339 g/mol. The van der Waals surface area contributed by atoms with Gasteiger partial charge in [0.25, 0.3) is 0 Å². The van der Waals surface area contributed by atoms with Gasteiger partial charge in [-0.3, -0.25) is 0 Å². The first-order valence-corrected chi connectivity index (χ1v) is 9.28. The largest absolute Gasteiger partial charge is 0.359 e. The Morgan fingerprint density at radius 3 is 3.04 bits per heavy atom. The number of nitrogens with zero attached hydrogens (tertiary/aromatic N) is 2. The van der Waals surface area contributed by atoms with Crippen molar-refractivity contribution in [2.45, 2.75) is 51.0 Å². The number of aryl methyl sites for hydroxylation is 2. The molecule has 25 heavy (non-hydrogen) atoms. The van der Waals surface area contributed by atoms with Crippen LogP contribution in [0.3, 0.4) is 0 Å². The Labute approximate surface area is 148 Å². The number of aromatic nitrogens is 1. The van der Waals surface area contributed by atoms with E-state index in [9.17, 15) is 4.79 Å². The summed E-state index contributed by atoms with van der Waals surface area (Å²) in [6.45, 7) is 3.39. The summed E-state index contributed by atoms with van der Waals surface area (Å²) >= 11 is 0. The van der Waals surface area contributed by atoms with Crippen LogP contribution in [0.25, 0.3) is 0 Å². The van der Waals surface area contributed by atoms with Crippen molar-refractivity contribution >= 4 is 6.03 Å². The smallest absolute Gasteiger partial charge is 0.318 e. The Morgan fingerprint density at radius 1 is 1.32 bits per heavy atom. The highest BCUT2D eigenvalue weighted by molar-refractivity contribution is 5.75. The van der Waals surface area contributed by atoms with E-state index in [0.29, 0.717) is 12.5 Å². The van der Waals surface area contributed by atoms with Gasteiger partial charge >= 0.3 is 6.03 Å². The van der Waals surface area contributed by atoms with Crippen LogP contribution in [-0.4, -0.2) is 29.2 Å². The standard InChI is InChI=1S/C20H25N3O2/c1-14-12-19(25-22-14)18-10-5-11-23(18)20(24)21-13-16-8-4-7-15-6-2-3-9-17(15)16/h2-3,6,9,12,16,18H,4-5,7-8,10-11,13H2,1H3,(H,21,24)/t16-,18-/m0/s1. The van der Waals surface area contributed by atoms with Crippen LogP contribution in [0.5, 0.6) is 0 Å². The normalized spacial score (nSPS) is 22.7. The highest BCUT2D eigenvalue weighted by atomic mass is 16.5. The summed E-state index contributed by atoms with van der Waals surface area (Å²) in [5.74, 6) is 1.22. The highest BCUT2D eigenvalue weighted by Gasteiger charge is 2.33. The number of amides is 2. The van der Waals surface area contributed by atoms with Crippen LogP contribution >= 0.6 is 0 Å². The van der Waals surface area contributed by atoms with E-state index in [0.717, 1.165) is 43.7 Å². The number of fused-ring (bicyclic) bond motifs is 1. The number of likely N-dealkylation sites (tertiary alicyclic amines) is 1. The maximum absolute atomic E-state index is 12.7. The van der Waals surface area contributed by atoms with Gasteiger partial charge in [-0.25, -0.2) is 4.79 Å². The lowest BCUT2D eigenvalue weighted by Gasteiger charge is -2.28. The summed E-state index contributed by atoms with van der Waals surface area (Å²) in [5.41, 5.74) is 3.70. The van der Waals surface area contributed by atoms with Gasteiger partial charge in [-0.2, -0.15) is 0 Å². The second kappa shape index (κ2) is 6.90. The molecule has 0 spiro atoms. The lowest BCUT2D eigenvalue weighted by molar-refractivity contribution is 0.181. The maximum Gasteiger partial charge on any atom is 0.318 e. The number of benzene rings is 1. The first kappa shape index (κ1) is 16.2. The predicted octanol–water partition coefficient (Wildman–Crippen LogP) is 3.95. The van der Waals surface area contributed by atoms with Crippen molar-refractivity contribution in [3.63, 3.8) is 0 Å². The molecular weight excluding hydrogens is 314 g/mol. The molecule has 1 aromatic carbocycles. The van der Waals surface area contributed by atoms with Crippen LogP contribution < -0.4 is 5.32 Å². The van der Waals surface area contributed by atoms with Crippen molar-refractivity contribution in [3.05, 3.63) is 52.9 Å². The molecule has 1 aromatic heterocycles. The summed E-state index contributed by atoms with van der Waals surface area (Å²) in [5, 5.41) is 7.13. The van der Waals surface area contributed by atoms with Gasteiger partial charge in [0, 0.05) is 25.1 Å². The molecule has 132 valence electrons. The lowest BCUT2D eigenvalue weighted by atomic mass is 9.83. The van der Waals surface area contributed by atoms with Gasteiger partial charge in [0.2, 0.25) is 0 Å².